The van der Waals surface area contributed by atoms with Crippen LogP contribution in [0, 0.1) is 20.8 Å². The first kappa shape index (κ1) is 30.4. The molecular weight excluding hydrogens is 600 g/mol. The summed E-state index contributed by atoms with van der Waals surface area (Å²) in [5.74, 6) is 0. The van der Waals surface area contributed by atoms with Crippen LogP contribution in [0.25, 0.3) is 65.2 Å². The van der Waals surface area contributed by atoms with Crippen molar-refractivity contribution in [2.45, 2.75) is 20.8 Å². The van der Waals surface area contributed by atoms with E-state index in [-0.39, 0.29) is 16.9 Å². The van der Waals surface area contributed by atoms with E-state index in [4.69, 9.17) is 13.3 Å². The average Bonchev–Trinajstić information content (AvgIpc) is 3.10. The van der Waals surface area contributed by atoms with Gasteiger partial charge in [0.05, 0.1) is 0 Å². The predicted octanol–water partition coefficient (Wildman–Crippen LogP) is 9.76. The van der Waals surface area contributed by atoms with Gasteiger partial charge in [-0.1, -0.05) is 91.0 Å². The molecule has 0 saturated carbocycles. The Morgan fingerprint density at radius 1 is 0.354 bits per heavy atom. The molecule has 0 spiro atoms. The Morgan fingerprint density at radius 2 is 0.833 bits per heavy atom. The van der Waals surface area contributed by atoms with Gasteiger partial charge in [-0.15, -0.1) is 0 Å². The van der Waals surface area contributed by atoms with E-state index in [0.29, 0.717) is 33.4 Å². The molecule has 6 heteroatoms. The van der Waals surface area contributed by atoms with E-state index in [1.165, 1.54) is 0 Å². The molecule has 9 rings (SSSR count). The van der Waals surface area contributed by atoms with E-state index in [2.05, 4.69) is 12.1 Å². The Balaban J connectivity index is 0.000000114. The van der Waals surface area contributed by atoms with Crippen LogP contribution in [-0.4, -0.2) is 0 Å². The van der Waals surface area contributed by atoms with Crippen LogP contribution in [0.4, 0.5) is 0 Å². The largest absolute Gasteiger partial charge is 0.423 e. The van der Waals surface area contributed by atoms with Crippen molar-refractivity contribution < 1.29 is 13.3 Å². The summed E-state index contributed by atoms with van der Waals surface area (Å²) in [4.78, 5) is 34.3. The van der Waals surface area contributed by atoms with E-state index < -0.39 is 0 Å². The molecule has 234 valence electrons. The summed E-state index contributed by atoms with van der Waals surface area (Å²) >= 11 is 0. The van der Waals surface area contributed by atoms with Gasteiger partial charge < -0.3 is 13.3 Å². The maximum absolute atomic E-state index is 11.5. The molecule has 0 saturated heterocycles. The summed E-state index contributed by atoms with van der Waals surface area (Å²) < 4.78 is 15.8. The zero-order valence-corrected chi connectivity index (χ0v) is 26.6. The van der Waals surface area contributed by atoms with E-state index in [1.54, 1.807) is 20.8 Å². The number of aryl methyl sites for hydroxylation is 3. The van der Waals surface area contributed by atoms with Crippen LogP contribution in [0.2, 0.25) is 0 Å². The van der Waals surface area contributed by atoms with Gasteiger partial charge in [0.15, 0.2) is 0 Å². The van der Waals surface area contributed by atoms with Crippen LogP contribution in [0.15, 0.2) is 155 Å². The molecule has 0 aliphatic heterocycles. The molecule has 6 nitrogen and oxygen atoms in total. The summed E-state index contributed by atoms with van der Waals surface area (Å²) in [6, 6.07) is 41.4. The Hall–Kier alpha value is -6.27. The average molecular weight is 631 g/mol. The number of benzene rings is 6. The molecule has 6 aromatic carbocycles. The quantitative estimate of drug-likeness (QED) is 0.0941. The van der Waals surface area contributed by atoms with Crippen LogP contribution in [0.5, 0.6) is 0 Å². The Morgan fingerprint density at radius 3 is 1.54 bits per heavy atom. The standard InChI is InChI=1S/3C14H10O2/c1-9-6-12-7-10-4-2-3-5-11(10)8-13(12)16-14(9)15;1-9-8-11-7-6-10-4-2-3-5-12(10)13(11)16-14(9)15;1-9-8-12-11-5-3-2-4-10(11)6-7-13(12)16-14(9)15/h3*2-8H,1H3. The van der Waals surface area contributed by atoms with Crippen LogP contribution in [-0.2, 0) is 0 Å². The molecule has 0 fully saturated rings. The predicted molar refractivity (Wildman–Crippen MR) is 194 cm³/mol. The van der Waals surface area contributed by atoms with Crippen molar-refractivity contribution in [3.8, 4) is 0 Å². The van der Waals surface area contributed by atoms with Gasteiger partial charge in [-0.25, -0.2) is 14.4 Å². The highest BCUT2D eigenvalue weighted by atomic mass is 16.4. The molecule has 0 atom stereocenters. The van der Waals surface area contributed by atoms with Gasteiger partial charge in [0.1, 0.15) is 16.7 Å². The van der Waals surface area contributed by atoms with Crippen molar-refractivity contribution in [2.24, 2.45) is 0 Å². The Bertz CT molecular complexity index is 2800. The van der Waals surface area contributed by atoms with Crippen LogP contribution in [0.1, 0.15) is 16.7 Å². The second-order valence-electron chi connectivity index (χ2n) is 11.8. The SMILES string of the molecule is Cc1cc2c(ccc3ccccc32)oc1=O.Cc1cc2cc3ccccc3cc2oc1=O.Cc1cc2ccc3ccccc3c2oc1=O. The lowest BCUT2D eigenvalue weighted by atomic mass is 10.1. The van der Waals surface area contributed by atoms with Gasteiger partial charge in [0, 0.05) is 38.2 Å². The zero-order chi connectivity index (χ0) is 33.4. The lowest BCUT2D eigenvalue weighted by Crippen LogP contribution is -2.01. The second-order valence-corrected chi connectivity index (χ2v) is 11.8. The third-order valence-electron chi connectivity index (χ3n) is 8.39. The molecule has 3 aromatic heterocycles. The molecule has 0 bridgehead atoms. The summed E-state index contributed by atoms with van der Waals surface area (Å²) in [5, 5.41) is 9.52. The summed E-state index contributed by atoms with van der Waals surface area (Å²) in [6.07, 6.45) is 0. The molecule has 9 aromatic rings. The Kier molecular flexibility index (Phi) is 7.91. The van der Waals surface area contributed by atoms with E-state index >= 15 is 0 Å². The fourth-order valence-electron chi connectivity index (χ4n) is 5.83. The van der Waals surface area contributed by atoms with Crippen molar-refractivity contribution in [2.75, 3.05) is 0 Å². The number of fused-ring (bicyclic) bond motifs is 8. The fourth-order valence-corrected chi connectivity index (χ4v) is 5.83. The lowest BCUT2D eigenvalue weighted by molar-refractivity contribution is 0.555. The third kappa shape index (κ3) is 5.87. The third-order valence-corrected chi connectivity index (χ3v) is 8.39. The van der Waals surface area contributed by atoms with E-state index in [1.807, 2.05) is 115 Å². The highest BCUT2D eigenvalue weighted by molar-refractivity contribution is 6.06. The smallest absolute Gasteiger partial charge is 0.339 e. The molecule has 3 heterocycles. The van der Waals surface area contributed by atoms with Crippen molar-refractivity contribution in [1.29, 1.82) is 0 Å². The van der Waals surface area contributed by atoms with E-state index in [0.717, 1.165) is 48.5 Å². The van der Waals surface area contributed by atoms with Crippen molar-refractivity contribution >= 4 is 65.2 Å². The topological polar surface area (TPSA) is 90.6 Å². The summed E-state index contributed by atoms with van der Waals surface area (Å²) in [5.41, 5.74) is 3.11. The number of rotatable bonds is 0. The summed E-state index contributed by atoms with van der Waals surface area (Å²) in [7, 11) is 0. The summed E-state index contributed by atoms with van der Waals surface area (Å²) in [6.45, 7) is 5.30. The highest BCUT2D eigenvalue weighted by Crippen LogP contribution is 2.26. The first-order valence-electron chi connectivity index (χ1n) is 15.5. The van der Waals surface area contributed by atoms with Crippen molar-refractivity contribution in [3.63, 3.8) is 0 Å². The highest BCUT2D eigenvalue weighted by Gasteiger charge is 2.06. The fraction of sp³-hybridized carbons (Fsp3) is 0.0714. The minimum Gasteiger partial charge on any atom is -0.423 e. The second kappa shape index (κ2) is 12.5. The molecule has 0 amide bonds. The number of hydrogen-bond donors (Lipinski definition) is 0. The van der Waals surface area contributed by atoms with Gasteiger partial charge in [-0.2, -0.15) is 0 Å². The maximum atomic E-state index is 11.5. The van der Waals surface area contributed by atoms with Crippen LogP contribution >= 0.6 is 0 Å². The van der Waals surface area contributed by atoms with Gasteiger partial charge in [0.2, 0.25) is 0 Å². The van der Waals surface area contributed by atoms with Gasteiger partial charge >= 0.3 is 16.9 Å². The van der Waals surface area contributed by atoms with Crippen LogP contribution in [0.3, 0.4) is 0 Å². The number of hydrogen-bond acceptors (Lipinski definition) is 6. The first-order valence-corrected chi connectivity index (χ1v) is 15.5. The van der Waals surface area contributed by atoms with Crippen molar-refractivity contribution in [3.05, 3.63) is 175 Å². The normalized spacial score (nSPS) is 11.1. The minimum atomic E-state index is -0.261. The van der Waals surface area contributed by atoms with Crippen molar-refractivity contribution in [1.82, 2.24) is 0 Å². The zero-order valence-electron chi connectivity index (χ0n) is 26.6. The van der Waals surface area contributed by atoms with Gasteiger partial charge in [-0.05, 0) is 84.1 Å². The molecule has 0 aliphatic carbocycles. The Labute approximate surface area is 274 Å². The molecule has 0 unspecified atom stereocenters. The minimum absolute atomic E-state index is 0.260. The van der Waals surface area contributed by atoms with Gasteiger partial charge in [0.25, 0.3) is 0 Å². The first-order chi connectivity index (χ1) is 23.2. The van der Waals surface area contributed by atoms with Gasteiger partial charge in [-0.3, -0.25) is 0 Å². The lowest BCUT2D eigenvalue weighted by Gasteiger charge is -2.02. The molecule has 0 radical (unpaired) electrons. The molecular formula is C42H30O6. The molecule has 48 heavy (non-hydrogen) atoms. The molecule has 0 N–H and O–H groups in total. The monoisotopic (exact) mass is 630 g/mol. The maximum Gasteiger partial charge on any atom is 0.339 e. The molecule has 0 aliphatic rings. The van der Waals surface area contributed by atoms with Crippen LogP contribution < -0.4 is 16.9 Å². The van der Waals surface area contributed by atoms with E-state index in [9.17, 15) is 14.4 Å².